The molecule has 1 fully saturated rings. The molecular formula is C17H25N3O2. The van der Waals surface area contributed by atoms with Crippen molar-refractivity contribution in [2.75, 3.05) is 13.1 Å². The topological polar surface area (TPSA) is 75.4 Å². The highest BCUT2D eigenvalue weighted by atomic mass is 16.2. The van der Waals surface area contributed by atoms with Crippen LogP contribution in [0.3, 0.4) is 0 Å². The Morgan fingerprint density at radius 2 is 2.00 bits per heavy atom. The van der Waals surface area contributed by atoms with E-state index in [0.717, 1.165) is 5.56 Å². The molecule has 2 rings (SSSR count). The summed E-state index contributed by atoms with van der Waals surface area (Å²) in [4.78, 5) is 25.3. The van der Waals surface area contributed by atoms with Gasteiger partial charge >= 0.3 is 0 Å². The van der Waals surface area contributed by atoms with Gasteiger partial charge in [-0.25, -0.2) is 0 Å². The third-order valence-electron chi connectivity index (χ3n) is 4.03. The maximum absolute atomic E-state index is 11.9. The van der Waals surface area contributed by atoms with Crippen LogP contribution in [0.1, 0.15) is 31.7 Å². The number of benzene rings is 1. The van der Waals surface area contributed by atoms with Crippen molar-refractivity contribution in [2.24, 2.45) is 11.7 Å². The number of carbonyl (C=O) groups is 2. The van der Waals surface area contributed by atoms with Crippen molar-refractivity contribution in [2.45, 2.75) is 38.8 Å². The number of rotatable bonds is 8. The quantitative estimate of drug-likeness (QED) is 0.759. The Morgan fingerprint density at radius 3 is 2.59 bits per heavy atom. The predicted molar refractivity (Wildman–Crippen MR) is 85.9 cm³/mol. The van der Waals surface area contributed by atoms with Gasteiger partial charge in [0, 0.05) is 39.0 Å². The fourth-order valence-electron chi connectivity index (χ4n) is 2.40. The van der Waals surface area contributed by atoms with E-state index < -0.39 is 0 Å². The van der Waals surface area contributed by atoms with Gasteiger partial charge in [-0.2, -0.15) is 0 Å². The van der Waals surface area contributed by atoms with Gasteiger partial charge in [-0.05, 0) is 24.3 Å². The van der Waals surface area contributed by atoms with Crippen LogP contribution in [0.2, 0.25) is 0 Å². The Labute approximate surface area is 131 Å². The lowest BCUT2D eigenvalue weighted by Gasteiger charge is -2.21. The van der Waals surface area contributed by atoms with Crippen LogP contribution in [0.5, 0.6) is 0 Å². The lowest BCUT2D eigenvalue weighted by molar-refractivity contribution is -0.130. The van der Waals surface area contributed by atoms with Gasteiger partial charge in [0.1, 0.15) is 0 Å². The van der Waals surface area contributed by atoms with E-state index in [2.05, 4.69) is 5.32 Å². The molecule has 0 heterocycles. The molecule has 1 atom stereocenters. The second kappa shape index (κ2) is 7.94. The molecule has 0 aromatic heterocycles. The van der Waals surface area contributed by atoms with E-state index in [4.69, 9.17) is 5.73 Å². The van der Waals surface area contributed by atoms with Crippen molar-refractivity contribution in [1.29, 1.82) is 0 Å². The van der Waals surface area contributed by atoms with Gasteiger partial charge < -0.3 is 16.0 Å². The van der Waals surface area contributed by atoms with Crippen molar-refractivity contribution >= 4 is 11.8 Å². The van der Waals surface area contributed by atoms with Crippen LogP contribution >= 0.6 is 0 Å². The first kappa shape index (κ1) is 16.5. The van der Waals surface area contributed by atoms with Crippen LogP contribution in [0, 0.1) is 5.92 Å². The van der Waals surface area contributed by atoms with Crippen LogP contribution in [-0.2, 0) is 16.1 Å². The third-order valence-corrected chi connectivity index (χ3v) is 4.03. The summed E-state index contributed by atoms with van der Waals surface area (Å²) < 4.78 is 0. The van der Waals surface area contributed by atoms with Crippen molar-refractivity contribution in [3.63, 3.8) is 0 Å². The maximum atomic E-state index is 11.9. The van der Waals surface area contributed by atoms with Crippen molar-refractivity contribution in [3.8, 4) is 0 Å². The molecule has 0 radical (unpaired) electrons. The Morgan fingerprint density at radius 1 is 1.32 bits per heavy atom. The first-order valence-corrected chi connectivity index (χ1v) is 7.88. The smallest absolute Gasteiger partial charge is 0.221 e. The Balaban J connectivity index is 1.73. The largest absolute Gasteiger partial charge is 0.354 e. The van der Waals surface area contributed by atoms with E-state index in [-0.39, 0.29) is 17.9 Å². The normalized spacial score (nSPS) is 15.2. The second-order valence-electron chi connectivity index (χ2n) is 5.98. The molecule has 1 aromatic carbocycles. The molecule has 0 spiro atoms. The third kappa shape index (κ3) is 5.48. The molecule has 0 saturated heterocycles. The summed E-state index contributed by atoms with van der Waals surface area (Å²) in [6.45, 7) is 3.02. The Hall–Kier alpha value is -1.88. The van der Waals surface area contributed by atoms with Crippen molar-refractivity contribution in [3.05, 3.63) is 35.9 Å². The zero-order valence-electron chi connectivity index (χ0n) is 13.1. The van der Waals surface area contributed by atoms with Gasteiger partial charge in [-0.15, -0.1) is 0 Å². The molecule has 5 heteroatoms. The number of nitrogens with zero attached hydrogens (tertiary/aromatic N) is 1. The van der Waals surface area contributed by atoms with Gasteiger partial charge in [0.25, 0.3) is 0 Å². The average Bonchev–Trinajstić information content (AvgIpc) is 3.34. The van der Waals surface area contributed by atoms with Gasteiger partial charge in [-0.1, -0.05) is 30.3 Å². The van der Waals surface area contributed by atoms with Crippen LogP contribution in [0.4, 0.5) is 0 Å². The fourth-order valence-corrected chi connectivity index (χ4v) is 2.40. The number of amides is 2. The molecular weight excluding hydrogens is 278 g/mol. The fraction of sp³-hybridized carbons (Fsp3) is 0.529. The van der Waals surface area contributed by atoms with Gasteiger partial charge in [0.15, 0.2) is 0 Å². The lowest BCUT2D eigenvalue weighted by atomic mass is 10.2. The number of nitrogens with one attached hydrogen (secondary N) is 1. The monoisotopic (exact) mass is 303 g/mol. The molecule has 1 aliphatic carbocycles. The molecule has 0 bridgehead atoms. The molecule has 1 aliphatic rings. The summed E-state index contributed by atoms with van der Waals surface area (Å²) in [6, 6.07) is 9.85. The Bertz CT molecular complexity index is 500. The molecule has 22 heavy (non-hydrogen) atoms. The molecule has 1 aromatic rings. The van der Waals surface area contributed by atoms with Gasteiger partial charge in [-0.3, -0.25) is 9.59 Å². The molecule has 120 valence electrons. The standard InChI is InChI=1S/C17H25N3O2/c1-13(21)20(12-14-5-3-2-4-6-14)10-9-17(22)19-11-16(18)15-7-8-15/h2-6,15-16H,7-12,18H2,1H3,(H,19,22). The van der Waals surface area contributed by atoms with Crippen LogP contribution < -0.4 is 11.1 Å². The number of carbonyl (C=O) groups excluding carboxylic acids is 2. The molecule has 0 aliphatic heterocycles. The molecule has 1 saturated carbocycles. The van der Waals surface area contributed by atoms with E-state index in [9.17, 15) is 9.59 Å². The summed E-state index contributed by atoms with van der Waals surface area (Å²) in [5.74, 6) is 0.508. The first-order valence-electron chi connectivity index (χ1n) is 7.88. The van der Waals surface area contributed by atoms with E-state index in [0.29, 0.717) is 32.0 Å². The van der Waals surface area contributed by atoms with Crippen molar-refractivity contribution in [1.82, 2.24) is 10.2 Å². The maximum Gasteiger partial charge on any atom is 0.221 e. The average molecular weight is 303 g/mol. The van der Waals surface area contributed by atoms with Gasteiger partial charge in [0.05, 0.1) is 0 Å². The van der Waals surface area contributed by atoms with E-state index in [1.807, 2.05) is 30.3 Å². The predicted octanol–water partition coefficient (Wildman–Crippen LogP) is 1.28. The number of hydrogen-bond acceptors (Lipinski definition) is 3. The minimum atomic E-state index is -0.0459. The second-order valence-corrected chi connectivity index (χ2v) is 5.98. The molecule has 1 unspecified atom stereocenters. The van der Waals surface area contributed by atoms with E-state index in [1.165, 1.54) is 19.8 Å². The summed E-state index contributed by atoms with van der Waals surface area (Å²) in [5, 5.41) is 2.86. The zero-order valence-corrected chi connectivity index (χ0v) is 13.1. The van der Waals surface area contributed by atoms with Crippen LogP contribution in [-0.4, -0.2) is 35.8 Å². The highest BCUT2D eigenvalue weighted by Crippen LogP contribution is 2.31. The lowest BCUT2D eigenvalue weighted by Crippen LogP contribution is -2.40. The van der Waals surface area contributed by atoms with Crippen molar-refractivity contribution < 1.29 is 9.59 Å². The van der Waals surface area contributed by atoms with Gasteiger partial charge in [0.2, 0.25) is 11.8 Å². The SMILES string of the molecule is CC(=O)N(CCC(=O)NCC(N)C1CC1)Cc1ccccc1. The van der Waals surface area contributed by atoms with Crippen LogP contribution in [0.25, 0.3) is 0 Å². The Kier molecular flexibility index (Phi) is 5.95. The zero-order chi connectivity index (χ0) is 15.9. The van der Waals surface area contributed by atoms with Crippen LogP contribution in [0.15, 0.2) is 30.3 Å². The summed E-state index contributed by atoms with van der Waals surface area (Å²) in [7, 11) is 0. The first-order chi connectivity index (χ1) is 10.6. The molecule has 3 N–H and O–H groups in total. The summed E-state index contributed by atoms with van der Waals surface area (Å²) >= 11 is 0. The van der Waals surface area contributed by atoms with E-state index >= 15 is 0 Å². The molecule has 2 amide bonds. The summed E-state index contributed by atoms with van der Waals surface area (Å²) in [6.07, 6.45) is 2.66. The number of hydrogen-bond donors (Lipinski definition) is 2. The number of nitrogens with two attached hydrogens (primary N) is 1. The minimum Gasteiger partial charge on any atom is -0.354 e. The molecule has 5 nitrogen and oxygen atoms in total. The van der Waals surface area contributed by atoms with E-state index in [1.54, 1.807) is 4.90 Å². The summed E-state index contributed by atoms with van der Waals surface area (Å²) in [5.41, 5.74) is 7.02. The highest BCUT2D eigenvalue weighted by molar-refractivity contribution is 5.78. The minimum absolute atomic E-state index is 0.0219. The highest BCUT2D eigenvalue weighted by Gasteiger charge is 2.28.